The van der Waals surface area contributed by atoms with Gasteiger partial charge in [0.1, 0.15) is 17.8 Å². The van der Waals surface area contributed by atoms with Crippen molar-refractivity contribution < 1.29 is 9.18 Å². The fraction of sp³-hybridized carbons (Fsp3) is 0.263. The van der Waals surface area contributed by atoms with E-state index in [1.807, 2.05) is 44.4 Å². The number of nitrogens with zero attached hydrogens (tertiary/aromatic N) is 4. The smallest absolute Gasteiger partial charge is 0.262 e. The van der Waals surface area contributed by atoms with E-state index in [0.717, 1.165) is 24.6 Å². The monoisotopic (exact) mass is 338 g/mol. The summed E-state index contributed by atoms with van der Waals surface area (Å²) >= 11 is 0. The van der Waals surface area contributed by atoms with Gasteiger partial charge in [-0.2, -0.15) is 0 Å². The first-order valence-electron chi connectivity index (χ1n) is 8.24. The molecule has 0 bridgehead atoms. The summed E-state index contributed by atoms with van der Waals surface area (Å²) in [7, 11) is 3.95. The number of hydrogen-bond acceptors (Lipinski definition) is 4. The highest BCUT2D eigenvalue weighted by atomic mass is 19.1. The Bertz CT molecular complexity index is 852. The lowest BCUT2D eigenvalue weighted by Gasteiger charge is -2.44. The summed E-state index contributed by atoms with van der Waals surface area (Å²) in [5, 5.41) is 0. The molecular formula is C19H19FN4O. The minimum absolute atomic E-state index is 0.244. The largest absolute Gasteiger partial charge is 0.359 e. The summed E-state index contributed by atoms with van der Waals surface area (Å²) in [6.45, 7) is 1.63. The van der Waals surface area contributed by atoms with Crippen LogP contribution in [0.1, 0.15) is 10.4 Å². The maximum atomic E-state index is 13.8. The zero-order valence-corrected chi connectivity index (χ0v) is 14.2. The minimum atomic E-state index is -0.438. The highest BCUT2D eigenvalue weighted by Crippen LogP contribution is 2.32. The zero-order chi connectivity index (χ0) is 17.6. The maximum Gasteiger partial charge on any atom is 0.262 e. The van der Waals surface area contributed by atoms with Crippen molar-refractivity contribution in [3.63, 3.8) is 0 Å². The summed E-state index contributed by atoms with van der Waals surface area (Å²) in [5.41, 5.74) is 1.56. The van der Waals surface area contributed by atoms with Crippen LogP contribution < -0.4 is 4.90 Å². The predicted molar refractivity (Wildman–Crippen MR) is 95.8 cm³/mol. The standard InChI is InChI=1S/C19H19FN4O/c1-22-10-11-23(2)18-17(22)21-16-9-8-13(20)12-15(16)19(25)24(18)14-6-4-3-5-7-14/h3-9,12,18H,10-11H2,1-2H3. The number of likely N-dealkylation sites (N-methyl/N-ethyl adjacent to an activating group) is 2. The van der Waals surface area contributed by atoms with E-state index < -0.39 is 5.82 Å². The molecule has 2 aliphatic heterocycles. The third kappa shape index (κ3) is 2.59. The highest BCUT2D eigenvalue weighted by molar-refractivity contribution is 6.15. The Balaban J connectivity index is 1.96. The van der Waals surface area contributed by atoms with Crippen molar-refractivity contribution in [1.29, 1.82) is 0 Å². The Morgan fingerprint density at radius 3 is 2.60 bits per heavy atom. The minimum Gasteiger partial charge on any atom is -0.359 e. The first-order chi connectivity index (χ1) is 12.1. The number of amidine groups is 1. The van der Waals surface area contributed by atoms with Crippen LogP contribution >= 0.6 is 0 Å². The van der Waals surface area contributed by atoms with Gasteiger partial charge in [0.2, 0.25) is 0 Å². The fourth-order valence-electron chi connectivity index (χ4n) is 3.38. The predicted octanol–water partition coefficient (Wildman–Crippen LogP) is 2.72. The molecule has 1 saturated heterocycles. The Hall–Kier alpha value is -2.73. The summed E-state index contributed by atoms with van der Waals surface area (Å²) in [6.07, 6.45) is -0.330. The number of fused-ring (bicyclic) bond motifs is 2. The second kappa shape index (κ2) is 5.97. The molecule has 0 N–H and O–H groups in total. The number of rotatable bonds is 1. The molecular weight excluding hydrogens is 319 g/mol. The van der Waals surface area contributed by atoms with E-state index in [1.54, 1.807) is 11.0 Å². The van der Waals surface area contributed by atoms with Crippen LogP contribution in [0.2, 0.25) is 0 Å². The topological polar surface area (TPSA) is 39.1 Å². The van der Waals surface area contributed by atoms with Gasteiger partial charge < -0.3 is 4.90 Å². The molecule has 25 heavy (non-hydrogen) atoms. The average Bonchev–Trinajstić information content (AvgIpc) is 2.74. The number of benzene rings is 2. The molecule has 0 aliphatic carbocycles. The fourth-order valence-corrected chi connectivity index (χ4v) is 3.38. The number of piperazine rings is 1. The van der Waals surface area contributed by atoms with Gasteiger partial charge >= 0.3 is 0 Å². The van der Waals surface area contributed by atoms with E-state index >= 15 is 0 Å². The molecule has 6 heteroatoms. The molecule has 2 aromatic rings. The first-order valence-corrected chi connectivity index (χ1v) is 8.24. The molecule has 0 radical (unpaired) electrons. The van der Waals surface area contributed by atoms with Crippen LogP contribution in [0, 0.1) is 5.82 Å². The van der Waals surface area contributed by atoms with Gasteiger partial charge in [-0.05, 0) is 37.4 Å². The second-order valence-corrected chi connectivity index (χ2v) is 6.42. The normalized spacial score (nSPS) is 20.7. The van der Waals surface area contributed by atoms with E-state index in [4.69, 9.17) is 4.99 Å². The van der Waals surface area contributed by atoms with E-state index in [0.29, 0.717) is 5.69 Å². The number of carbonyl (C=O) groups is 1. The Labute approximate surface area is 146 Å². The van der Waals surface area contributed by atoms with Gasteiger partial charge in [0, 0.05) is 25.8 Å². The van der Waals surface area contributed by atoms with Crippen LogP contribution in [0.4, 0.5) is 15.8 Å². The zero-order valence-electron chi connectivity index (χ0n) is 14.2. The van der Waals surface area contributed by atoms with E-state index in [1.165, 1.54) is 12.1 Å². The van der Waals surface area contributed by atoms with Crippen LogP contribution in [0.25, 0.3) is 0 Å². The Kier molecular flexibility index (Phi) is 3.77. The summed E-state index contributed by atoms with van der Waals surface area (Å²) in [5.74, 6) is 0.106. The molecule has 1 amide bonds. The number of amides is 1. The third-order valence-corrected chi connectivity index (χ3v) is 4.75. The number of carbonyl (C=O) groups excluding carboxylic acids is 1. The van der Waals surface area contributed by atoms with Crippen molar-refractivity contribution in [2.75, 3.05) is 32.1 Å². The van der Waals surface area contributed by atoms with Crippen LogP contribution in [-0.2, 0) is 0 Å². The molecule has 5 nitrogen and oxygen atoms in total. The number of aliphatic imine (C=N–C) groups is 1. The highest BCUT2D eigenvalue weighted by Gasteiger charge is 2.40. The number of anilines is 1. The van der Waals surface area contributed by atoms with Crippen LogP contribution in [0.5, 0.6) is 0 Å². The molecule has 4 rings (SSSR count). The van der Waals surface area contributed by atoms with Gasteiger partial charge in [0.05, 0.1) is 11.3 Å². The van der Waals surface area contributed by atoms with Gasteiger partial charge in [0.15, 0.2) is 0 Å². The number of halogens is 1. The lowest BCUT2D eigenvalue weighted by atomic mass is 10.1. The molecule has 0 spiro atoms. The summed E-state index contributed by atoms with van der Waals surface area (Å²) in [4.78, 5) is 23.9. The lowest BCUT2D eigenvalue weighted by Crippen LogP contribution is -2.62. The van der Waals surface area contributed by atoms with E-state index in [-0.39, 0.29) is 17.6 Å². The quantitative estimate of drug-likeness (QED) is 0.803. The molecule has 1 atom stereocenters. The molecule has 0 saturated carbocycles. The average molecular weight is 338 g/mol. The van der Waals surface area contributed by atoms with Gasteiger partial charge in [-0.15, -0.1) is 0 Å². The maximum absolute atomic E-state index is 13.8. The van der Waals surface area contributed by atoms with E-state index in [9.17, 15) is 9.18 Å². The lowest BCUT2D eigenvalue weighted by molar-refractivity contribution is 0.0949. The number of para-hydroxylation sites is 1. The van der Waals surface area contributed by atoms with E-state index in [2.05, 4.69) is 9.80 Å². The third-order valence-electron chi connectivity index (χ3n) is 4.75. The van der Waals surface area contributed by atoms with Gasteiger partial charge in [-0.25, -0.2) is 9.38 Å². The molecule has 128 valence electrons. The molecule has 1 unspecified atom stereocenters. The molecule has 1 fully saturated rings. The molecule has 2 heterocycles. The molecule has 2 aliphatic rings. The van der Waals surface area contributed by atoms with Crippen LogP contribution in [0.15, 0.2) is 53.5 Å². The SMILES string of the molecule is CN1CCN(C)C2C1=Nc1ccc(F)cc1C(=O)N2c1ccccc1. The van der Waals surface area contributed by atoms with Crippen LogP contribution in [-0.4, -0.2) is 54.9 Å². The number of hydrogen-bond donors (Lipinski definition) is 0. The van der Waals surface area contributed by atoms with Crippen molar-refractivity contribution in [1.82, 2.24) is 9.80 Å². The van der Waals surface area contributed by atoms with Gasteiger partial charge in [0.25, 0.3) is 5.91 Å². The summed E-state index contributed by atoms with van der Waals surface area (Å²) < 4.78 is 13.8. The van der Waals surface area contributed by atoms with Crippen molar-refractivity contribution >= 4 is 23.1 Å². The van der Waals surface area contributed by atoms with Crippen molar-refractivity contribution in [3.8, 4) is 0 Å². The van der Waals surface area contributed by atoms with Crippen LogP contribution in [0.3, 0.4) is 0 Å². The Morgan fingerprint density at radius 2 is 1.84 bits per heavy atom. The molecule has 2 aromatic carbocycles. The van der Waals surface area contributed by atoms with Gasteiger partial charge in [-0.1, -0.05) is 18.2 Å². The molecule has 0 aromatic heterocycles. The summed E-state index contributed by atoms with van der Waals surface area (Å²) in [6, 6.07) is 13.7. The van der Waals surface area contributed by atoms with Crippen molar-refractivity contribution in [3.05, 3.63) is 59.9 Å². The van der Waals surface area contributed by atoms with Crippen molar-refractivity contribution in [2.24, 2.45) is 4.99 Å². The first kappa shape index (κ1) is 15.8. The second-order valence-electron chi connectivity index (χ2n) is 6.42. The Morgan fingerprint density at radius 1 is 1.08 bits per heavy atom. The van der Waals surface area contributed by atoms with Crippen molar-refractivity contribution in [2.45, 2.75) is 6.17 Å². The van der Waals surface area contributed by atoms with Gasteiger partial charge in [-0.3, -0.25) is 14.6 Å².